The molecule has 2 aliphatic heterocycles. The second kappa shape index (κ2) is 9.19. The number of fused-ring (bicyclic) bond motifs is 5. The third-order valence-corrected chi connectivity index (χ3v) is 8.34. The van der Waals surface area contributed by atoms with Gasteiger partial charge in [0.2, 0.25) is 0 Å². The first-order valence-electron chi connectivity index (χ1n) is 13.0. The first kappa shape index (κ1) is 24.0. The maximum atomic E-state index is 13.5. The summed E-state index contributed by atoms with van der Waals surface area (Å²) in [6, 6.07) is 20.2. The van der Waals surface area contributed by atoms with Gasteiger partial charge in [-0.25, -0.2) is 4.79 Å². The summed E-state index contributed by atoms with van der Waals surface area (Å²) in [6.45, 7) is 5.04. The Labute approximate surface area is 217 Å². The zero-order chi connectivity index (χ0) is 25.7. The van der Waals surface area contributed by atoms with Gasteiger partial charge in [0.1, 0.15) is 12.4 Å². The number of morpholine rings is 1. The van der Waals surface area contributed by atoms with Crippen LogP contribution in [0.2, 0.25) is 0 Å². The molecule has 3 aromatic carbocycles. The van der Waals surface area contributed by atoms with E-state index in [1.54, 1.807) is 7.11 Å². The van der Waals surface area contributed by atoms with Gasteiger partial charge in [-0.3, -0.25) is 4.90 Å². The van der Waals surface area contributed by atoms with Gasteiger partial charge in [-0.05, 0) is 64.9 Å². The number of nitrogens with zero attached hydrogens (tertiary/aromatic N) is 1. The molecule has 0 radical (unpaired) electrons. The average molecular weight is 500 g/mol. The number of carbonyl (C=O) groups excluding carboxylic acids is 1. The van der Waals surface area contributed by atoms with Crippen molar-refractivity contribution in [2.75, 3.05) is 26.9 Å². The molecule has 1 amide bonds. The molecule has 1 aliphatic carbocycles. The van der Waals surface area contributed by atoms with Gasteiger partial charge >= 0.3 is 6.09 Å². The van der Waals surface area contributed by atoms with Gasteiger partial charge in [0.15, 0.2) is 0 Å². The fourth-order valence-corrected chi connectivity index (χ4v) is 6.67. The molecular weight excluding hydrogens is 466 g/mol. The highest BCUT2D eigenvalue weighted by Gasteiger charge is 2.50. The summed E-state index contributed by atoms with van der Waals surface area (Å²) in [5.41, 5.74) is 6.62. The largest absolute Gasteiger partial charge is 0.496 e. The molecule has 6 nitrogen and oxygen atoms in total. The van der Waals surface area contributed by atoms with Crippen molar-refractivity contribution >= 4 is 6.09 Å². The number of rotatable bonds is 4. The Morgan fingerprint density at radius 1 is 0.973 bits per heavy atom. The number of ether oxygens (including phenoxy) is 3. The summed E-state index contributed by atoms with van der Waals surface area (Å²) in [7, 11) is 1.66. The third kappa shape index (κ3) is 3.99. The molecule has 3 aliphatic rings. The monoisotopic (exact) mass is 499 g/mol. The molecule has 2 fully saturated rings. The molecule has 2 saturated heterocycles. The minimum absolute atomic E-state index is 0.0130. The Hall–Kier alpha value is -3.35. The lowest BCUT2D eigenvalue weighted by atomic mass is 9.75. The first-order valence-corrected chi connectivity index (χ1v) is 13.0. The van der Waals surface area contributed by atoms with Crippen molar-refractivity contribution in [3.8, 4) is 16.9 Å². The smallest absolute Gasteiger partial charge is 0.410 e. The number of carbonyl (C=O) groups is 1. The number of piperidine rings is 1. The Bertz CT molecular complexity index is 1290. The van der Waals surface area contributed by atoms with Crippen LogP contribution in [0.1, 0.15) is 46.6 Å². The molecule has 2 unspecified atom stereocenters. The summed E-state index contributed by atoms with van der Waals surface area (Å²) in [5.74, 6) is 0.823. The quantitative estimate of drug-likeness (QED) is 0.527. The second-order valence-corrected chi connectivity index (χ2v) is 10.6. The second-order valence-electron chi connectivity index (χ2n) is 10.6. The molecule has 0 saturated carbocycles. The van der Waals surface area contributed by atoms with E-state index >= 15 is 0 Å². The van der Waals surface area contributed by atoms with Gasteiger partial charge in [0.05, 0.1) is 38.0 Å². The highest BCUT2D eigenvalue weighted by Crippen LogP contribution is 2.46. The SMILES string of the molecule is COc1cc(C)c(C2(O)CC3COCC(C2)N3C(=O)OCC2c3ccccc3-c3ccccc32)cc1C. The van der Waals surface area contributed by atoms with Crippen molar-refractivity contribution < 1.29 is 24.1 Å². The lowest BCUT2D eigenvalue weighted by Crippen LogP contribution is -2.62. The van der Waals surface area contributed by atoms with Crippen molar-refractivity contribution in [2.45, 2.75) is 50.3 Å². The molecule has 3 aromatic rings. The maximum absolute atomic E-state index is 13.5. The van der Waals surface area contributed by atoms with Crippen LogP contribution in [0, 0.1) is 13.8 Å². The number of hydrogen-bond donors (Lipinski definition) is 1. The summed E-state index contributed by atoms with van der Waals surface area (Å²) < 4.78 is 17.3. The fourth-order valence-electron chi connectivity index (χ4n) is 6.67. The van der Waals surface area contributed by atoms with E-state index in [4.69, 9.17) is 14.2 Å². The molecule has 37 heavy (non-hydrogen) atoms. The number of benzene rings is 3. The summed E-state index contributed by atoms with van der Waals surface area (Å²) in [4.78, 5) is 15.3. The Kier molecular flexibility index (Phi) is 5.97. The van der Waals surface area contributed by atoms with Crippen LogP contribution in [0.15, 0.2) is 60.7 Å². The van der Waals surface area contributed by atoms with Gasteiger partial charge in [-0.2, -0.15) is 0 Å². The maximum Gasteiger partial charge on any atom is 0.410 e. The molecule has 192 valence electrons. The number of aryl methyl sites for hydroxylation is 2. The van der Waals surface area contributed by atoms with E-state index < -0.39 is 5.60 Å². The molecule has 1 N–H and O–H groups in total. The van der Waals surface area contributed by atoms with Gasteiger partial charge in [0, 0.05) is 18.8 Å². The summed E-state index contributed by atoms with van der Waals surface area (Å²) in [5, 5.41) is 11.9. The predicted molar refractivity (Wildman–Crippen MR) is 141 cm³/mol. The van der Waals surface area contributed by atoms with E-state index in [-0.39, 0.29) is 30.7 Å². The zero-order valence-corrected chi connectivity index (χ0v) is 21.6. The number of hydrogen-bond acceptors (Lipinski definition) is 5. The minimum Gasteiger partial charge on any atom is -0.496 e. The molecule has 0 spiro atoms. The molecule has 2 heterocycles. The number of amides is 1. The van der Waals surface area contributed by atoms with E-state index in [1.165, 1.54) is 22.3 Å². The standard InChI is InChI=1S/C31H33NO5/c1-19-13-29(35-3)20(2)12-28(19)31(34)14-21-16-36-17-22(15-31)32(21)30(33)37-18-27-25-10-6-4-8-23(25)24-9-5-7-11-26(24)27/h4-13,21-22,27,34H,14-18H2,1-3H3. The summed E-state index contributed by atoms with van der Waals surface area (Å²) >= 11 is 0. The minimum atomic E-state index is -1.04. The number of aliphatic hydroxyl groups is 1. The van der Waals surface area contributed by atoms with Crippen molar-refractivity contribution in [3.05, 3.63) is 88.5 Å². The Morgan fingerprint density at radius 3 is 2.16 bits per heavy atom. The highest BCUT2D eigenvalue weighted by molar-refractivity contribution is 5.79. The van der Waals surface area contributed by atoms with E-state index in [0.29, 0.717) is 26.1 Å². The lowest BCUT2D eigenvalue weighted by molar-refractivity contribution is -0.136. The topological polar surface area (TPSA) is 68.2 Å². The van der Waals surface area contributed by atoms with Crippen LogP contribution in [-0.2, 0) is 15.1 Å². The Morgan fingerprint density at radius 2 is 1.57 bits per heavy atom. The van der Waals surface area contributed by atoms with Gasteiger partial charge in [-0.15, -0.1) is 0 Å². The molecule has 0 aromatic heterocycles. The van der Waals surface area contributed by atoms with Crippen molar-refractivity contribution in [1.82, 2.24) is 4.90 Å². The molecule has 6 rings (SSSR count). The van der Waals surface area contributed by atoms with Crippen LogP contribution in [0.25, 0.3) is 11.1 Å². The normalized spacial score (nSPS) is 24.4. The predicted octanol–water partition coefficient (Wildman–Crippen LogP) is 5.31. The average Bonchev–Trinajstić information content (AvgIpc) is 3.21. The Balaban J connectivity index is 1.21. The van der Waals surface area contributed by atoms with E-state index in [0.717, 1.165) is 22.4 Å². The van der Waals surface area contributed by atoms with Crippen LogP contribution in [0.3, 0.4) is 0 Å². The lowest BCUT2D eigenvalue weighted by Gasteiger charge is -2.51. The van der Waals surface area contributed by atoms with Crippen molar-refractivity contribution in [2.24, 2.45) is 0 Å². The van der Waals surface area contributed by atoms with Crippen molar-refractivity contribution in [3.63, 3.8) is 0 Å². The zero-order valence-electron chi connectivity index (χ0n) is 21.6. The van der Waals surface area contributed by atoms with Crippen LogP contribution in [0.5, 0.6) is 5.75 Å². The fraction of sp³-hybridized carbons (Fsp3) is 0.387. The van der Waals surface area contributed by atoms with E-state index in [9.17, 15) is 9.90 Å². The molecule has 2 atom stereocenters. The highest BCUT2D eigenvalue weighted by atomic mass is 16.6. The van der Waals surface area contributed by atoms with Crippen LogP contribution in [0.4, 0.5) is 4.79 Å². The van der Waals surface area contributed by atoms with Crippen LogP contribution >= 0.6 is 0 Å². The van der Waals surface area contributed by atoms with E-state index in [2.05, 4.69) is 24.3 Å². The van der Waals surface area contributed by atoms with E-state index in [1.807, 2.05) is 55.1 Å². The number of methoxy groups -OCH3 is 1. The van der Waals surface area contributed by atoms with Crippen LogP contribution in [-0.4, -0.2) is 55.1 Å². The van der Waals surface area contributed by atoms with Crippen molar-refractivity contribution in [1.29, 1.82) is 0 Å². The van der Waals surface area contributed by atoms with Gasteiger partial charge < -0.3 is 19.3 Å². The van der Waals surface area contributed by atoms with Crippen LogP contribution < -0.4 is 4.74 Å². The summed E-state index contributed by atoms with van der Waals surface area (Å²) in [6.07, 6.45) is 0.477. The van der Waals surface area contributed by atoms with Gasteiger partial charge in [0.25, 0.3) is 0 Å². The first-order chi connectivity index (χ1) is 17.9. The molecule has 6 heteroatoms. The van der Waals surface area contributed by atoms with Gasteiger partial charge in [-0.1, -0.05) is 48.5 Å². The third-order valence-electron chi connectivity index (χ3n) is 8.34. The molecule has 2 bridgehead atoms. The molecular formula is C31H33NO5.